The lowest BCUT2D eigenvalue weighted by atomic mass is 10.4. The van der Waals surface area contributed by atoms with Crippen LogP contribution in [-0.2, 0) is 0 Å². The topological polar surface area (TPSA) is 88.5 Å². The van der Waals surface area contributed by atoms with Crippen LogP contribution in [0.25, 0.3) is 11.5 Å². The summed E-state index contributed by atoms with van der Waals surface area (Å²) in [6, 6.07) is 3.36. The van der Waals surface area contributed by atoms with E-state index in [9.17, 15) is 0 Å². The number of nitriles is 1. The maximum Gasteiger partial charge on any atom is 0.329 e. The largest absolute Gasteiger partial charge is 0.329 e. The second-order valence-electron chi connectivity index (χ2n) is 2.13. The van der Waals surface area contributed by atoms with Gasteiger partial charge in [0.1, 0.15) is 12.0 Å². The molecule has 0 aromatic carbocycles. The van der Waals surface area contributed by atoms with Crippen molar-refractivity contribution in [2.75, 3.05) is 0 Å². The lowest BCUT2D eigenvalue weighted by Gasteiger charge is -1.87. The van der Waals surface area contributed by atoms with Crippen molar-refractivity contribution >= 4 is 0 Å². The number of hydrogen-bond acceptors (Lipinski definition) is 6. The molecule has 6 nitrogen and oxygen atoms in total. The van der Waals surface area contributed by atoms with Crippen LogP contribution in [-0.4, -0.2) is 20.1 Å². The molecule has 2 rings (SSSR count). The Bertz CT molecular complexity index is 443. The highest BCUT2D eigenvalue weighted by Crippen LogP contribution is 2.09. The molecule has 0 bridgehead atoms. The maximum absolute atomic E-state index is 8.42. The van der Waals surface area contributed by atoms with Gasteiger partial charge in [-0.25, -0.2) is 9.97 Å². The number of aromatic nitrogens is 4. The fraction of sp³-hybridized carbons (Fsp3) is 0. The second-order valence-corrected chi connectivity index (χ2v) is 2.13. The first-order valence-corrected chi connectivity index (χ1v) is 3.40. The minimum Gasteiger partial charge on any atom is -0.322 e. The molecule has 6 heteroatoms. The van der Waals surface area contributed by atoms with Crippen LogP contribution in [0.3, 0.4) is 0 Å². The lowest BCUT2D eigenvalue weighted by Crippen LogP contribution is -1.85. The Morgan fingerprint density at radius 3 is 3.00 bits per heavy atom. The van der Waals surface area contributed by atoms with Gasteiger partial charge in [0, 0.05) is 6.20 Å². The van der Waals surface area contributed by atoms with Gasteiger partial charge in [-0.1, -0.05) is 5.16 Å². The molecule has 0 atom stereocenters. The van der Waals surface area contributed by atoms with Gasteiger partial charge in [0.05, 0.1) is 0 Å². The molecule has 0 radical (unpaired) electrons. The van der Waals surface area contributed by atoms with Crippen LogP contribution in [0.4, 0.5) is 0 Å². The number of hydrogen-bond donors (Lipinski definition) is 0. The monoisotopic (exact) mass is 173 g/mol. The van der Waals surface area contributed by atoms with Crippen molar-refractivity contribution in [3.05, 3.63) is 24.5 Å². The van der Waals surface area contributed by atoms with E-state index in [0.29, 0.717) is 11.5 Å². The Kier molecular flexibility index (Phi) is 1.69. The van der Waals surface area contributed by atoms with Gasteiger partial charge in [0.25, 0.3) is 0 Å². The van der Waals surface area contributed by atoms with Gasteiger partial charge in [0.15, 0.2) is 6.07 Å². The number of nitrogens with zero attached hydrogens (tertiary/aromatic N) is 5. The molecule has 0 saturated heterocycles. The van der Waals surface area contributed by atoms with E-state index in [0.717, 1.165) is 0 Å². The van der Waals surface area contributed by atoms with Crippen molar-refractivity contribution in [2.24, 2.45) is 0 Å². The molecule has 0 aliphatic heterocycles. The summed E-state index contributed by atoms with van der Waals surface area (Å²) in [5.41, 5.74) is 0.528. The van der Waals surface area contributed by atoms with E-state index >= 15 is 0 Å². The Morgan fingerprint density at radius 1 is 1.46 bits per heavy atom. The van der Waals surface area contributed by atoms with Crippen molar-refractivity contribution in [1.29, 1.82) is 5.26 Å². The molecule has 2 aromatic heterocycles. The first kappa shape index (κ1) is 7.36. The Hall–Kier alpha value is -2.29. The normalized spacial score (nSPS) is 9.46. The van der Waals surface area contributed by atoms with Gasteiger partial charge < -0.3 is 4.52 Å². The third-order valence-electron chi connectivity index (χ3n) is 1.33. The number of rotatable bonds is 1. The highest BCUT2D eigenvalue weighted by atomic mass is 16.5. The Balaban J connectivity index is 2.43. The summed E-state index contributed by atoms with van der Waals surface area (Å²) in [7, 11) is 0. The molecule has 0 spiro atoms. The van der Waals surface area contributed by atoms with Crippen molar-refractivity contribution in [1.82, 2.24) is 20.1 Å². The smallest absolute Gasteiger partial charge is 0.322 e. The zero-order valence-electron chi connectivity index (χ0n) is 6.38. The predicted molar refractivity (Wildman–Crippen MR) is 40.0 cm³/mol. The molecule has 0 fully saturated rings. The minimum absolute atomic E-state index is 0.0754. The summed E-state index contributed by atoms with van der Waals surface area (Å²) >= 11 is 0. The average Bonchev–Trinajstić information content (AvgIpc) is 2.67. The molecule has 0 unspecified atom stereocenters. The first-order chi connectivity index (χ1) is 6.40. The van der Waals surface area contributed by atoms with Crippen molar-refractivity contribution in [3.8, 4) is 17.6 Å². The van der Waals surface area contributed by atoms with Crippen LogP contribution in [0.15, 0.2) is 23.1 Å². The third-order valence-corrected chi connectivity index (χ3v) is 1.33. The van der Waals surface area contributed by atoms with Gasteiger partial charge in [-0.05, 0) is 6.07 Å². The molecule has 0 amide bonds. The fourth-order valence-electron chi connectivity index (χ4n) is 0.796. The van der Waals surface area contributed by atoms with E-state index in [1.165, 1.54) is 6.33 Å². The third kappa shape index (κ3) is 1.35. The second kappa shape index (κ2) is 2.98. The Labute approximate surface area is 72.9 Å². The highest BCUT2D eigenvalue weighted by Gasteiger charge is 2.07. The van der Waals surface area contributed by atoms with Crippen molar-refractivity contribution in [3.63, 3.8) is 0 Å². The minimum atomic E-state index is -0.0754. The van der Waals surface area contributed by atoms with Crippen LogP contribution in [0.1, 0.15) is 5.89 Å². The van der Waals surface area contributed by atoms with E-state index in [2.05, 4.69) is 24.6 Å². The fourth-order valence-corrected chi connectivity index (χ4v) is 0.796. The summed E-state index contributed by atoms with van der Waals surface area (Å²) in [6.07, 6.45) is 2.93. The molecule has 62 valence electrons. The van der Waals surface area contributed by atoms with Crippen LogP contribution in [0.2, 0.25) is 0 Å². The Morgan fingerprint density at radius 2 is 2.38 bits per heavy atom. The SMILES string of the molecule is N#Cc1nc(-c2ccncn2)no1. The summed E-state index contributed by atoms with van der Waals surface area (Å²) in [4.78, 5) is 11.4. The quantitative estimate of drug-likeness (QED) is 0.620. The average molecular weight is 173 g/mol. The van der Waals surface area contributed by atoms with Crippen LogP contribution < -0.4 is 0 Å². The zero-order valence-corrected chi connectivity index (χ0v) is 6.38. The molecule has 0 saturated carbocycles. The summed E-state index contributed by atoms with van der Waals surface area (Å²) in [5.74, 6) is 0.215. The standard InChI is InChI=1S/C7H3N5O/c8-3-6-11-7(12-13-6)5-1-2-9-4-10-5/h1-2,4H. The van der Waals surface area contributed by atoms with E-state index in [-0.39, 0.29) is 5.89 Å². The van der Waals surface area contributed by atoms with Crippen LogP contribution in [0.5, 0.6) is 0 Å². The molecule has 0 aliphatic carbocycles. The molecule has 2 heterocycles. The highest BCUT2D eigenvalue weighted by molar-refractivity contribution is 5.46. The molecule has 0 aliphatic rings. The van der Waals surface area contributed by atoms with Gasteiger partial charge >= 0.3 is 5.89 Å². The van der Waals surface area contributed by atoms with Gasteiger partial charge in [-0.3, -0.25) is 0 Å². The maximum atomic E-state index is 8.42. The van der Waals surface area contributed by atoms with E-state index in [1.54, 1.807) is 18.3 Å². The molecule has 0 N–H and O–H groups in total. The van der Waals surface area contributed by atoms with Crippen LogP contribution >= 0.6 is 0 Å². The van der Waals surface area contributed by atoms with Gasteiger partial charge in [0.2, 0.25) is 5.82 Å². The molecule has 13 heavy (non-hydrogen) atoms. The predicted octanol–water partition coefficient (Wildman–Crippen LogP) is 0.398. The molecular weight excluding hydrogens is 170 g/mol. The summed E-state index contributed by atoms with van der Waals surface area (Å²) in [6.45, 7) is 0. The van der Waals surface area contributed by atoms with E-state index < -0.39 is 0 Å². The molecule has 2 aromatic rings. The first-order valence-electron chi connectivity index (χ1n) is 3.40. The van der Waals surface area contributed by atoms with Gasteiger partial charge in [-0.15, -0.1) is 0 Å². The lowest BCUT2D eigenvalue weighted by molar-refractivity contribution is 0.408. The van der Waals surface area contributed by atoms with Crippen LogP contribution in [0, 0.1) is 11.3 Å². The van der Waals surface area contributed by atoms with E-state index in [4.69, 9.17) is 5.26 Å². The summed E-state index contributed by atoms with van der Waals surface area (Å²) in [5, 5.41) is 12.0. The van der Waals surface area contributed by atoms with Crippen molar-refractivity contribution < 1.29 is 4.52 Å². The zero-order chi connectivity index (χ0) is 9.10. The molecular formula is C7H3N5O. The van der Waals surface area contributed by atoms with E-state index in [1.807, 2.05) is 0 Å². The summed E-state index contributed by atoms with van der Waals surface area (Å²) < 4.78 is 4.59. The van der Waals surface area contributed by atoms with Gasteiger partial charge in [-0.2, -0.15) is 10.2 Å². The van der Waals surface area contributed by atoms with Crippen molar-refractivity contribution in [2.45, 2.75) is 0 Å².